The molecule has 0 unspecified atom stereocenters. The zero-order chi connectivity index (χ0) is 18.8. The maximum atomic E-state index is 12.4. The van der Waals surface area contributed by atoms with Crippen LogP contribution >= 0.6 is 11.8 Å². The molecule has 0 saturated heterocycles. The third-order valence-electron chi connectivity index (χ3n) is 5.16. The summed E-state index contributed by atoms with van der Waals surface area (Å²) in [6, 6.07) is 1.96. The number of thioether (sulfide) groups is 1. The lowest BCUT2D eigenvalue weighted by Crippen LogP contribution is -2.36. The zero-order valence-corrected chi connectivity index (χ0v) is 17.0. The molecule has 0 aliphatic heterocycles. The fourth-order valence-electron chi connectivity index (χ4n) is 3.79. The van der Waals surface area contributed by atoms with E-state index in [2.05, 4.69) is 35.8 Å². The molecular weight excluding hydrogens is 348 g/mol. The lowest BCUT2D eigenvalue weighted by atomic mass is 9.75. The molecule has 0 spiro atoms. The third-order valence-corrected chi connectivity index (χ3v) is 5.97. The van der Waals surface area contributed by atoms with Gasteiger partial charge in [-0.3, -0.25) is 4.79 Å². The first-order chi connectivity index (χ1) is 12.3. The van der Waals surface area contributed by atoms with Crippen LogP contribution in [0.15, 0.2) is 11.2 Å². The van der Waals surface area contributed by atoms with E-state index in [-0.39, 0.29) is 17.8 Å². The topological polar surface area (TPSA) is 69.4 Å². The molecule has 142 valence electrons. The Morgan fingerprint density at radius 3 is 2.85 bits per heavy atom. The SMILES string of the molecule is Cc1cc(C)n2nc(SCC(=O)O[C@H]3C[C@@H](C)CC[C@@H]3C(C)C)nc2n1. The van der Waals surface area contributed by atoms with Crippen LogP contribution < -0.4 is 0 Å². The monoisotopic (exact) mass is 376 g/mol. The minimum Gasteiger partial charge on any atom is -0.461 e. The van der Waals surface area contributed by atoms with Gasteiger partial charge in [-0.25, -0.2) is 9.50 Å². The fraction of sp³-hybridized carbons (Fsp3) is 0.684. The lowest BCUT2D eigenvalue weighted by molar-refractivity contribution is -0.152. The number of carbonyl (C=O) groups excluding carboxylic acids is 1. The summed E-state index contributed by atoms with van der Waals surface area (Å²) in [6.45, 7) is 10.6. The predicted molar refractivity (Wildman–Crippen MR) is 102 cm³/mol. The molecule has 6 nitrogen and oxygen atoms in total. The molecule has 0 amide bonds. The summed E-state index contributed by atoms with van der Waals surface area (Å²) in [5.41, 5.74) is 1.88. The van der Waals surface area contributed by atoms with Crippen LogP contribution in [0.5, 0.6) is 0 Å². The minimum atomic E-state index is -0.181. The highest BCUT2D eigenvalue weighted by Crippen LogP contribution is 2.35. The van der Waals surface area contributed by atoms with Crippen molar-refractivity contribution in [3.05, 3.63) is 17.5 Å². The van der Waals surface area contributed by atoms with Crippen molar-refractivity contribution in [2.75, 3.05) is 5.75 Å². The van der Waals surface area contributed by atoms with E-state index in [1.165, 1.54) is 18.2 Å². The van der Waals surface area contributed by atoms with Crippen LogP contribution in [0.2, 0.25) is 0 Å². The fourth-order valence-corrected chi connectivity index (χ4v) is 4.39. The van der Waals surface area contributed by atoms with Crippen molar-refractivity contribution in [3.8, 4) is 0 Å². The average Bonchev–Trinajstić information content (AvgIpc) is 2.96. The maximum absolute atomic E-state index is 12.4. The van der Waals surface area contributed by atoms with Crippen LogP contribution in [0.1, 0.15) is 51.4 Å². The molecule has 1 saturated carbocycles. The van der Waals surface area contributed by atoms with E-state index in [1.54, 1.807) is 4.52 Å². The Balaban J connectivity index is 1.60. The van der Waals surface area contributed by atoms with Gasteiger partial charge in [-0.2, -0.15) is 4.98 Å². The van der Waals surface area contributed by atoms with Gasteiger partial charge in [0.15, 0.2) is 0 Å². The number of esters is 1. The van der Waals surface area contributed by atoms with Crippen LogP contribution in [0.3, 0.4) is 0 Å². The molecule has 1 aliphatic rings. The molecule has 1 aliphatic carbocycles. The van der Waals surface area contributed by atoms with Crippen molar-refractivity contribution in [2.45, 2.75) is 65.1 Å². The van der Waals surface area contributed by atoms with E-state index in [0.717, 1.165) is 24.2 Å². The van der Waals surface area contributed by atoms with Gasteiger partial charge in [-0.15, -0.1) is 5.10 Å². The summed E-state index contributed by atoms with van der Waals surface area (Å²) in [6.07, 6.45) is 3.37. The maximum Gasteiger partial charge on any atom is 0.316 e. The van der Waals surface area contributed by atoms with Crippen molar-refractivity contribution >= 4 is 23.5 Å². The van der Waals surface area contributed by atoms with E-state index < -0.39 is 0 Å². The van der Waals surface area contributed by atoms with Crippen molar-refractivity contribution in [3.63, 3.8) is 0 Å². The van der Waals surface area contributed by atoms with Crippen molar-refractivity contribution in [2.24, 2.45) is 17.8 Å². The number of carbonyl (C=O) groups is 1. The van der Waals surface area contributed by atoms with Crippen LogP contribution in [0.25, 0.3) is 5.78 Å². The second-order valence-electron chi connectivity index (χ2n) is 7.79. The van der Waals surface area contributed by atoms with Crippen molar-refractivity contribution in [1.82, 2.24) is 19.6 Å². The molecule has 0 aromatic carbocycles. The number of aryl methyl sites for hydroxylation is 2. The van der Waals surface area contributed by atoms with Crippen molar-refractivity contribution < 1.29 is 9.53 Å². The molecule has 1 fully saturated rings. The number of rotatable bonds is 5. The van der Waals surface area contributed by atoms with Gasteiger partial charge in [0.2, 0.25) is 5.16 Å². The first kappa shape index (κ1) is 19.1. The van der Waals surface area contributed by atoms with E-state index in [0.29, 0.717) is 28.7 Å². The molecular formula is C19H28N4O2S. The molecule has 3 atom stereocenters. The Bertz CT molecular complexity index is 789. The first-order valence-electron chi connectivity index (χ1n) is 9.36. The normalized spacial score (nSPS) is 23.5. The molecule has 2 aromatic heterocycles. The molecule has 0 N–H and O–H groups in total. The Morgan fingerprint density at radius 1 is 1.35 bits per heavy atom. The molecule has 0 radical (unpaired) electrons. The second kappa shape index (κ2) is 7.94. The van der Waals surface area contributed by atoms with Gasteiger partial charge in [-0.1, -0.05) is 39.0 Å². The Kier molecular flexibility index (Phi) is 5.85. The summed E-state index contributed by atoms with van der Waals surface area (Å²) in [5, 5.41) is 4.98. The van der Waals surface area contributed by atoms with E-state index >= 15 is 0 Å². The largest absolute Gasteiger partial charge is 0.461 e. The zero-order valence-electron chi connectivity index (χ0n) is 16.2. The predicted octanol–water partition coefficient (Wildman–Crippen LogP) is 3.84. The summed E-state index contributed by atoms with van der Waals surface area (Å²) in [5.74, 6) is 2.23. The average molecular weight is 377 g/mol. The summed E-state index contributed by atoms with van der Waals surface area (Å²) in [4.78, 5) is 21.2. The van der Waals surface area contributed by atoms with Gasteiger partial charge in [0.25, 0.3) is 5.78 Å². The molecule has 26 heavy (non-hydrogen) atoms. The van der Waals surface area contributed by atoms with E-state index in [4.69, 9.17) is 4.74 Å². The van der Waals surface area contributed by atoms with E-state index in [1.807, 2.05) is 19.9 Å². The minimum absolute atomic E-state index is 0.0347. The van der Waals surface area contributed by atoms with Gasteiger partial charge < -0.3 is 4.74 Å². The smallest absolute Gasteiger partial charge is 0.316 e. The van der Waals surface area contributed by atoms with Crippen molar-refractivity contribution in [1.29, 1.82) is 0 Å². The number of ether oxygens (including phenoxy) is 1. The second-order valence-corrected chi connectivity index (χ2v) is 8.73. The van der Waals surface area contributed by atoms with Crippen LogP contribution in [-0.2, 0) is 9.53 Å². The Morgan fingerprint density at radius 2 is 2.12 bits per heavy atom. The van der Waals surface area contributed by atoms with Gasteiger partial charge in [0.1, 0.15) is 6.10 Å². The molecule has 2 heterocycles. The Labute approximate surface area is 159 Å². The highest BCUT2D eigenvalue weighted by Gasteiger charge is 2.33. The third kappa shape index (κ3) is 4.37. The number of aromatic nitrogens is 4. The van der Waals surface area contributed by atoms with Crippen LogP contribution in [0, 0.1) is 31.6 Å². The standard InChI is InChI=1S/C19H28N4O2S/c1-11(2)15-7-6-12(3)8-16(15)25-17(24)10-26-19-21-18-20-13(4)9-14(5)23(18)22-19/h9,11-12,15-16H,6-8,10H2,1-5H3/t12-,15+,16-/m0/s1. The van der Waals surface area contributed by atoms with Gasteiger partial charge >= 0.3 is 5.97 Å². The number of hydrogen-bond donors (Lipinski definition) is 0. The number of nitrogens with zero attached hydrogens (tertiary/aromatic N) is 4. The summed E-state index contributed by atoms with van der Waals surface area (Å²) >= 11 is 1.31. The molecule has 3 rings (SSSR count). The van der Waals surface area contributed by atoms with Crippen LogP contribution in [0.4, 0.5) is 0 Å². The van der Waals surface area contributed by atoms with Crippen LogP contribution in [-0.4, -0.2) is 37.4 Å². The Hall–Kier alpha value is -1.63. The summed E-state index contributed by atoms with van der Waals surface area (Å²) in [7, 11) is 0. The lowest BCUT2D eigenvalue weighted by Gasteiger charge is -2.36. The van der Waals surface area contributed by atoms with Gasteiger partial charge in [-0.05, 0) is 50.5 Å². The number of fused-ring (bicyclic) bond motifs is 1. The molecule has 0 bridgehead atoms. The highest BCUT2D eigenvalue weighted by atomic mass is 32.2. The summed E-state index contributed by atoms with van der Waals surface area (Å²) < 4.78 is 7.54. The van der Waals surface area contributed by atoms with E-state index in [9.17, 15) is 4.79 Å². The van der Waals surface area contributed by atoms with Gasteiger partial charge in [0.05, 0.1) is 5.75 Å². The van der Waals surface area contributed by atoms with Gasteiger partial charge in [0, 0.05) is 11.4 Å². The molecule has 2 aromatic rings. The first-order valence-corrected chi connectivity index (χ1v) is 10.4. The molecule has 7 heteroatoms. The quantitative estimate of drug-likeness (QED) is 0.583. The highest BCUT2D eigenvalue weighted by molar-refractivity contribution is 7.99. The number of hydrogen-bond acceptors (Lipinski definition) is 6.